The average molecular weight is 297 g/mol. The number of sulfone groups is 1. The SMILES string of the molecule is Cc1ccc(S(=O)(=O)CC(=O)NCC2CCCO2)cc1. The first kappa shape index (κ1) is 15.0. The topological polar surface area (TPSA) is 72.5 Å². The molecule has 0 aliphatic carbocycles. The van der Waals surface area contributed by atoms with Gasteiger partial charge in [0.15, 0.2) is 9.84 Å². The number of nitrogens with one attached hydrogen (secondary N) is 1. The van der Waals surface area contributed by atoms with Gasteiger partial charge in [0.1, 0.15) is 5.75 Å². The number of amides is 1. The fraction of sp³-hybridized carbons (Fsp3) is 0.500. The van der Waals surface area contributed by atoms with Crippen molar-refractivity contribution in [1.82, 2.24) is 5.32 Å². The van der Waals surface area contributed by atoms with Gasteiger partial charge in [0, 0.05) is 13.2 Å². The van der Waals surface area contributed by atoms with Gasteiger partial charge in [-0.15, -0.1) is 0 Å². The van der Waals surface area contributed by atoms with E-state index in [4.69, 9.17) is 4.74 Å². The summed E-state index contributed by atoms with van der Waals surface area (Å²) in [5.41, 5.74) is 0.979. The third-order valence-electron chi connectivity index (χ3n) is 3.25. The highest BCUT2D eigenvalue weighted by atomic mass is 32.2. The summed E-state index contributed by atoms with van der Waals surface area (Å²) in [6, 6.07) is 6.49. The lowest BCUT2D eigenvalue weighted by atomic mass is 10.2. The van der Waals surface area contributed by atoms with Crippen molar-refractivity contribution >= 4 is 15.7 Å². The summed E-state index contributed by atoms with van der Waals surface area (Å²) < 4.78 is 29.5. The number of benzene rings is 1. The predicted octanol–water partition coefficient (Wildman–Crippen LogP) is 1.06. The zero-order valence-electron chi connectivity index (χ0n) is 11.5. The van der Waals surface area contributed by atoms with Crippen molar-refractivity contribution in [2.45, 2.75) is 30.8 Å². The van der Waals surface area contributed by atoms with Crippen LogP contribution in [0.15, 0.2) is 29.2 Å². The van der Waals surface area contributed by atoms with Gasteiger partial charge < -0.3 is 10.1 Å². The van der Waals surface area contributed by atoms with E-state index in [-0.39, 0.29) is 11.0 Å². The molecule has 110 valence electrons. The van der Waals surface area contributed by atoms with Gasteiger partial charge in [0.25, 0.3) is 0 Å². The fourth-order valence-corrected chi connectivity index (χ4v) is 3.25. The van der Waals surface area contributed by atoms with E-state index in [1.165, 1.54) is 12.1 Å². The van der Waals surface area contributed by atoms with Gasteiger partial charge in [-0.25, -0.2) is 8.42 Å². The molecule has 1 amide bonds. The van der Waals surface area contributed by atoms with Crippen LogP contribution in [-0.4, -0.2) is 39.3 Å². The Balaban J connectivity index is 1.90. The predicted molar refractivity (Wildman–Crippen MR) is 75.2 cm³/mol. The number of carbonyl (C=O) groups is 1. The molecule has 1 aromatic rings. The standard InChI is InChI=1S/C14H19NO4S/c1-11-4-6-13(7-5-11)20(17,18)10-14(16)15-9-12-3-2-8-19-12/h4-7,12H,2-3,8-10H2,1H3,(H,15,16). The molecule has 6 heteroatoms. The molecule has 1 aliphatic heterocycles. The second kappa shape index (κ2) is 6.37. The van der Waals surface area contributed by atoms with E-state index in [9.17, 15) is 13.2 Å². The Kier molecular flexibility index (Phi) is 4.77. The quantitative estimate of drug-likeness (QED) is 0.882. The van der Waals surface area contributed by atoms with E-state index in [2.05, 4.69) is 5.32 Å². The Bertz CT molecular complexity index is 559. The maximum atomic E-state index is 12.1. The second-order valence-electron chi connectivity index (χ2n) is 5.01. The van der Waals surface area contributed by atoms with Gasteiger partial charge in [-0.2, -0.15) is 0 Å². The average Bonchev–Trinajstić information content (AvgIpc) is 2.89. The number of hydrogen-bond acceptors (Lipinski definition) is 4. The Morgan fingerprint density at radius 1 is 1.35 bits per heavy atom. The van der Waals surface area contributed by atoms with Gasteiger partial charge in [0.2, 0.25) is 5.91 Å². The highest BCUT2D eigenvalue weighted by Crippen LogP contribution is 2.13. The molecule has 1 atom stereocenters. The van der Waals surface area contributed by atoms with E-state index >= 15 is 0 Å². The summed E-state index contributed by atoms with van der Waals surface area (Å²) in [6.07, 6.45) is 1.91. The number of rotatable bonds is 5. The monoisotopic (exact) mass is 297 g/mol. The van der Waals surface area contributed by atoms with Crippen LogP contribution < -0.4 is 5.32 Å². The van der Waals surface area contributed by atoms with Crippen molar-refractivity contribution in [2.24, 2.45) is 0 Å². The largest absolute Gasteiger partial charge is 0.376 e. The van der Waals surface area contributed by atoms with E-state index in [0.717, 1.165) is 18.4 Å². The van der Waals surface area contributed by atoms with Gasteiger partial charge in [-0.05, 0) is 31.9 Å². The van der Waals surface area contributed by atoms with Crippen LogP contribution in [0.25, 0.3) is 0 Å². The van der Waals surface area contributed by atoms with Gasteiger partial charge >= 0.3 is 0 Å². The molecule has 1 fully saturated rings. The number of carbonyl (C=O) groups excluding carboxylic acids is 1. The molecule has 1 aliphatic rings. The minimum absolute atomic E-state index is 0.0148. The molecule has 0 aromatic heterocycles. The highest BCUT2D eigenvalue weighted by Gasteiger charge is 2.21. The maximum absolute atomic E-state index is 12.1. The maximum Gasteiger partial charge on any atom is 0.235 e. The zero-order chi connectivity index (χ0) is 14.6. The summed E-state index contributed by atoms with van der Waals surface area (Å²) in [4.78, 5) is 11.9. The first-order valence-electron chi connectivity index (χ1n) is 6.65. The number of hydrogen-bond donors (Lipinski definition) is 1. The molecule has 2 rings (SSSR count). The lowest BCUT2D eigenvalue weighted by molar-refractivity contribution is -0.119. The van der Waals surface area contributed by atoms with Gasteiger partial charge in [-0.3, -0.25) is 4.79 Å². The number of ether oxygens (including phenoxy) is 1. The Morgan fingerprint density at radius 2 is 2.05 bits per heavy atom. The second-order valence-corrected chi connectivity index (χ2v) is 7.00. The minimum Gasteiger partial charge on any atom is -0.376 e. The molecule has 20 heavy (non-hydrogen) atoms. The van der Waals surface area contributed by atoms with Crippen molar-refractivity contribution in [1.29, 1.82) is 0 Å². The molecule has 1 N–H and O–H groups in total. The molecule has 1 heterocycles. The Labute approximate surface area is 119 Å². The minimum atomic E-state index is -3.57. The highest BCUT2D eigenvalue weighted by molar-refractivity contribution is 7.92. The Morgan fingerprint density at radius 3 is 2.65 bits per heavy atom. The van der Waals surface area contributed by atoms with E-state index in [1.807, 2.05) is 6.92 Å². The zero-order valence-corrected chi connectivity index (χ0v) is 12.3. The van der Waals surface area contributed by atoms with E-state index in [1.54, 1.807) is 12.1 Å². The van der Waals surface area contributed by atoms with Crippen LogP contribution in [0.3, 0.4) is 0 Å². The lowest BCUT2D eigenvalue weighted by Crippen LogP contribution is -2.35. The molecule has 0 saturated carbocycles. The molecule has 1 saturated heterocycles. The number of aryl methyl sites for hydroxylation is 1. The van der Waals surface area contributed by atoms with Crippen LogP contribution in [0, 0.1) is 6.92 Å². The van der Waals surface area contributed by atoms with Crippen LogP contribution in [0.1, 0.15) is 18.4 Å². The Hall–Kier alpha value is -1.40. The summed E-state index contributed by atoms with van der Waals surface area (Å²) in [6.45, 7) is 2.97. The van der Waals surface area contributed by atoms with Crippen LogP contribution in [0.4, 0.5) is 0 Å². The van der Waals surface area contributed by atoms with Crippen molar-refractivity contribution in [3.8, 4) is 0 Å². The molecular formula is C14H19NO4S. The van der Waals surface area contributed by atoms with Crippen LogP contribution in [-0.2, 0) is 19.4 Å². The summed E-state index contributed by atoms with van der Waals surface area (Å²) in [5, 5.41) is 2.62. The third kappa shape index (κ3) is 4.05. The summed E-state index contributed by atoms with van der Waals surface area (Å²) in [7, 11) is -3.57. The summed E-state index contributed by atoms with van der Waals surface area (Å²) in [5.74, 6) is -1.01. The van der Waals surface area contributed by atoms with Crippen LogP contribution >= 0.6 is 0 Å². The lowest BCUT2D eigenvalue weighted by Gasteiger charge is -2.11. The molecule has 1 unspecified atom stereocenters. The first-order chi connectivity index (χ1) is 9.47. The smallest absolute Gasteiger partial charge is 0.235 e. The van der Waals surface area contributed by atoms with Gasteiger partial charge in [0.05, 0.1) is 11.0 Å². The molecule has 5 nitrogen and oxygen atoms in total. The van der Waals surface area contributed by atoms with Gasteiger partial charge in [-0.1, -0.05) is 17.7 Å². The van der Waals surface area contributed by atoms with E-state index < -0.39 is 21.5 Å². The molecule has 0 spiro atoms. The van der Waals surface area contributed by atoms with Crippen molar-refractivity contribution in [3.63, 3.8) is 0 Å². The molecule has 1 aromatic carbocycles. The molecular weight excluding hydrogens is 278 g/mol. The molecule has 0 bridgehead atoms. The van der Waals surface area contributed by atoms with Crippen LogP contribution in [0.5, 0.6) is 0 Å². The van der Waals surface area contributed by atoms with Crippen LogP contribution in [0.2, 0.25) is 0 Å². The van der Waals surface area contributed by atoms with Crippen molar-refractivity contribution in [3.05, 3.63) is 29.8 Å². The normalized spacial score (nSPS) is 18.9. The summed E-state index contributed by atoms with van der Waals surface area (Å²) >= 11 is 0. The van der Waals surface area contributed by atoms with Crippen molar-refractivity contribution in [2.75, 3.05) is 18.9 Å². The van der Waals surface area contributed by atoms with Crippen molar-refractivity contribution < 1.29 is 17.9 Å². The first-order valence-corrected chi connectivity index (χ1v) is 8.30. The van der Waals surface area contributed by atoms with E-state index in [0.29, 0.717) is 13.2 Å². The molecule has 0 radical (unpaired) electrons. The fourth-order valence-electron chi connectivity index (χ4n) is 2.09. The third-order valence-corrected chi connectivity index (χ3v) is 4.88.